The summed E-state index contributed by atoms with van der Waals surface area (Å²) in [4.78, 5) is 36.1. The first-order valence-corrected chi connectivity index (χ1v) is 11.3. The van der Waals surface area contributed by atoms with Crippen molar-refractivity contribution in [2.24, 2.45) is 5.41 Å². The lowest BCUT2D eigenvalue weighted by atomic mass is 9.98. The molecule has 8 nitrogen and oxygen atoms in total. The van der Waals surface area contributed by atoms with Crippen LogP contribution in [-0.2, 0) is 25.9 Å². The van der Waals surface area contributed by atoms with Crippen molar-refractivity contribution in [2.45, 2.75) is 71.6 Å². The molecule has 2 aliphatic heterocycles. The van der Waals surface area contributed by atoms with E-state index in [0.717, 1.165) is 44.2 Å². The van der Waals surface area contributed by atoms with Crippen molar-refractivity contribution in [3.05, 3.63) is 35.9 Å². The molecule has 172 valence electrons. The van der Waals surface area contributed by atoms with Gasteiger partial charge in [0.2, 0.25) is 5.91 Å². The van der Waals surface area contributed by atoms with Gasteiger partial charge in [0.25, 0.3) is 0 Å². The Morgan fingerprint density at radius 2 is 1.74 bits per heavy atom. The summed E-state index contributed by atoms with van der Waals surface area (Å²) in [5.41, 5.74) is 3.54. The minimum atomic E-state index is -0.523. The summed E-state index contributed by atoms with van der Waals surface area (Å²) in [6.45, 7) is 7.99. The van der Waals surface area contributed by atoms with E-state index < -0.39 is 5.41 Å². The number of carbonyl (C=O) groups excluding carboxylic acids is 2. The van der Waals surface area contributed by atoms with E-state index in [1.807, 2.05) is 56.1 Å². The Kier molecular flexibility index (Phi) is 8.43. The number of hydrazine groups is 1. The SMILES string of the molecule is CC(C)(C)C(=O)ON1CCC(NC(=O)[C@@H]2CCCCN2NOCc2ccccc2)CC1. The maximum absolute atomic E-state index is 13.0. The molecule has 31 heavy (non-hydrogen) atoms. The van der Waals surface area contributed by atoms with Crippen molar-refractivity contribution in [1.82, 2.24) is 21.0 Å². The van der Waals surface area contributed by atoms with Crippen LogP contribution in [0.1, 0.15) is 58.4 Å². The summed E-state index contributed by atoms with van der Waals surface area (Å²) < 4.78 is 0. The Hall–Kier alpha value is -2.00. The molecule has 2 fully saturated rings. The lowest BCUT2D eigenvalue weighted by Gasteiger charge is -2.36. The third kappa shape index (κ3) is 7.28. The molecule has 1 atom stereocenters. The molecule has 0 bridgehead atoms. The van der Waals surface area contributed by atoms with E-state index in [2.05, 4.69) is 10.9 Å². The molecule has 0 unspecified atom stereocenters. The van der Waals surface area contributed by atoms with Crippen molar-refractivity contribution in [1.29, 1.82) is 0 Å². The lowest BCUT2D eigenvalue weighted by Crippen LogP contribution is -2.57. The average Bonchev–Trinajstić information content (AvgIpc) is 2.75. The minimum Gasteiger partial charge on any atom is -0.367 e. The number of benzene rings is 1. The monoisotopic (exact) mass is 432 g/mol. The highest BCUT2D eigenvalue weighted by Gasteiger charge is 2.32. The average molecular weight is 433 g/mol. The van der Waals surface area contributed by atoms with Crippen LogP contribution in [0.2, 0.25) is 0 Å². The first-order valence-electron chi connectivity index (χ1n) is 11.3. The largest absolute Gasteiger partial charge is 0.367 e. The van der Waals surface area contributed by atoms with E-state index in [1.54, 1.807) is 5.06 Å². The fourth-order valence-electron chi connectivity index (χ4n) is 3.73. The molecular weight excluding hydrogens is 396 g/mol. The van der Waals surface area contributed by atoms with Gasteiger partial charge in [-0.3, -0.25) is 9.63 Å². The topological polar surface area (TPSA) is 83.1 Å². The molecule has 1 aromatic rings. The van der Waals surface area contributed by atoms with Crippen molar-refractivity contribution in [2.75, 3.05) is 19.6 Å². The molecule has 0 aliphatic carbocycles. The molecule has 1 amide bonds. The van der Waals surface area contributed by atoms with Crippen molar-refractivity contribution in [3.63, 3.8) is 0 Å². The number of hydroxylamine groups is 2. The van der Waals surface area contributed by atoms with E-state index in [-0.39, 0.29) is 24.0 Å². The van der Waals surface area contributed by atoms with Crippen LogP contribution in [0.15, 0.2) is 30.3 Å². The van der Waals surface area contributed by atoms with Gasteiger partial charge in [-0.1, -0.05) is 30.3 Å². The Morgan fingerprint density at radius 3 is 2.42 bits per heavy atom. The number of hydrogen-bond donors (Lipinski definition) is 2. The van der Waals surface area contributed by atoms with Crippen molar-refractivity contribution < 1.29 is 19.3 Å². The number of piperidine rings is 2. The quantitative estimate of drug-likeness (QED) is 0.641. The Morgan fingerprint density at radius 1 is 1.03 bits per heavy atom. The Labute approximate surface area is 185 Å². The molecule has 0 saturated carbocycles. The number of carbonyl (C=O) groups is 2. The maximum Gasteiger partial charge on any atom is 0.330 e. The van der Waals surface area contributed by atoms with Gasteiger partial charge in [0.05, 0.1) is 12.0 Å². The molecule has 2 heterocycles. The number of nitrogens with one attached hydrogen (secondary N) is 2. The molecule has 8 heteroatoms. The molecule has 1 aromatic carbocycles. The van der Waals surface area contributed by atoms with Crippen molar-refractivity contribution in [3.8, 4) is 0 Å². The van der Waals surface area contributed by atoms with Gasteiger partial charge < -0.3 is 10.2 Å². The normalized spacial score (nSPS) is 21.6. The third-order valence-corrected chi connectivity index (χ3v) is 5.69. The van der Waals surface area contributed by atoms with Gasteiger partial charge in [-0.2, -0.15) is 0 Å². The molecule has 0 aromatic heterocycles. The van der Waals surface area contributed by atoms with E-state index >= 15 is 0 Å². The van der Waals surface area contributed by atoms with Gasteiger partial charge in [-0.25, -0.2) is 9.80 Å². The molecular formula is C23H36N4O4. The predicted molar refractivity (Wildman–Crippen MR) is 117 cm³/mol. The van der Waals surface area contributed by atoms with Gasteiger partial charge >= 0.3 is 5.97 Å². The number of hydrogen-bond acceptors (Lipinski definition) is 7. The molecule has 3 rings (SSSR count). The van der Waals surface area contributed by atoms with Crippen LogP contribution >= 0.6 is 0 Å². The number of rotatable bonds is 7. The molecule has 0 spiro atoms. The van der Waals surface area contributed by atoms with E-state index in [0.29, 0.717) is 19.7 Å². The number of nitrogens with zero attached hydrogens (tertiary/aromatic N) is 2. The van der Waals surface area contributed by atoms with Crippen LogP contribution in [0, 0.1) is 5.41 Å². The second-order valence-electron chi connectivity index (χ2n) is 9.41. The summed E-state index contributed by atoms with van der Waals surface area (Å²) in [7, 11) is 0. The summed E-state index contributed by atoms with van der Waals surface area (Å²) in [6, 6.07) is 9.78. The third-order valence-electron chi connectivity index (χ3n) is 5.69. The minimum absolute atomic E-state index is 0.0284. The second kappa shape index (κ2) is 11.0. The molecule has 2 aliphatic rings. The first-order chi connectivity index (χ1) is 14.8. The van der Waals surface area contributed by atoms with Gasteiger partial charge in [-0.15, -0.1) is 10.7 Å². The van der Waals surface area contributed by atoms with Crippen LogP contribution in [0.5, 0.6) is 0 Å². The molecule has 0 radical (unpaired) electrons. The smallest absolute Gasteiger partial charge is 0.330 e. The van der Waals surface area contributed by atoms with Gasteiger partial charge in [0.1, 0.15) is 6.04 Å². The number of amides is 1. The zero-order valence-electron chi connectivity index (χ0n) is 18.9. The summed E-state index contributed by atoms with van der Waals surface area (Å²) in [5.74, 6) is -0.199. The lowest BCUT2D eigenvalue weighted by molar-refractivity contribution is -0.205. The van der Waals surface area contributed by atoms with Crippen LogP contribution in [0.4, 0.5) is 0 Å². The fraction of sp³-hybridized carbons (Fsp3) is 0.652. The van der Waals surface area contributed by atoms with Gasteiger partial charge in [0, 0.05) is 25.7 Å². The van der Waals surface area contributed by atoms with Crippen LogP contribution in [0.3, 0.4) is 0 Å². The highest BCUT2D eigenvalue weighted by molar-refractivity contribution is 5.82. The highest BCUT2D eigenvalue weighted by atomic mass is 16.7. The molecule has 2 N–H and O–H groups in total. The molecule has 2 saturated heterocycles. The van der Waals surface area contributed by atoms with Crippen molar-refractivity contribution >= 4 is 11.9 Å². The maximum atomic E-state index is 13.0. The van der Waals surface area contributed by atoms with Crippen LogP contribution in [0.25, 0.3) is 0 Å². The fourth-order valence-corrected chi connectivity index (χ4v) is 3.73. The zero-order valence-corrected chi connectivity index (χ0v) is 18.9. The highest BCUT2D eigenvalue weighted by Crippen LogP contribution is 2.20. The summed E-state index contributed by atoms with van der Waals surface area (Å²) >= 11 is 0. The van der Waals surface area contributed by atoms with E-state index in [1.165, 1.54) is 0 Å². The standard InChI is InChI=1S/C23H36N4O4/c1-23(2,3)22(29)31-26-15-12-19(13-16-26)24-21(28)20-11-7-8-14-27(20)25-30-17-18-9-5-4-6-10-18/h4-6,9-10,19-20,25H,7-8,11-17H2,1-3H3,(H,24,28)/t20-/m0/s1. The van der Waals surface area contributed by atoms with Gasteiger partial charge in [0.15, 0.2) is 0 Å². The Balaban J connectivity index is 1.42. The van der Waals surface area contributed by atoms with E-state index in [9.17, 15) is 9.59 Å². The second-order valence-corrected chi connectivity index (χ2v) is 9.41. The Bertz CT molecular complexity index is 714. The summed E-state index contributed by atoms with van der Waals surface area (Å²) in [5, 5.41) is 6.80. The van der Waals surface area contributed by atoms with Gasteiger partial charge in [-0.05, 0) is 58.4 Å². The zero-order chi connectivity index (χ0) is 22.3. The first kappa shape index (κ1) is 23.7. The van der Waals surface area contributed by atoms with E-state index in [4.69, 9.17) is 9.68 Å². The summed E-state index contributed by atoms with van der Waals surface area (Å²) in [6.07, 6.45) is 4.37. The van der Waals surface area contributed by atoms with Crippen LogP contribution in [-0.4, -0.2) is 53.7 Å². The van der Waals surface area contributed by atoms with Crippen LogP contribution < -0.4 is 10.9 Å². The predicted octanol–water partition coefficient (Wildman–Crippen LogP) is 2.56.